The van der Waals surface area contributed by atoms with Gasteiger partial charge in [0.25, 0.3) is 0 Å². The number of fused-ring (bicyclic) bond motifs is 1. The molecule has 4 nitrogen and oxygen atoms in total. The van der Waals surface area contributed by atoms with Crippen molar-refractivity contribution in [1.29, 1.82) is 0 Å². The van der Waals surface area contributed by atoms with Crippen LogP contribution in [0.25, 0.3) is 0 Å². The van der Waals surface area contributed by atoms with Gasteiger partial charge in [0.2, 0.25) is 5.91 Å². The van der Waals surface area contributed by atoms with E-state index in [0.717, 1.165) is 39.0 Å². The molecule has 2 aromatic rings. The normalized spacial score (nSPS) is 18.3. The van der Waals surface area contributed by atoms with Crippen LogP contribution < -0.4 is 10.6 Å². The Morgan fingerprint density at radius 2 is 1.81 bits per heavy atom. The number of hydrogen-bond acceptors (Lipinski definition) is 3. The monoisotopic (exact) mass is 407 g/mol. The summed E-state index contributed by atoms with van der Waals surface area (Å²) >= 11 is 0. The van der Waals surface area contributed by atoms with Gasteiger partial charge in [-0.05, 0) is 41.6 Å². The van der Waals surface area contributed by atoms with Crippen molar-refractivity contribution in [3.63, 3.8) is 0 Å². The Balaban J connectivity index is 0.00000131. The highest BCUT2D eigenvalue weighted by molar-refractivity contribution is 5.85. The predicted octanol–water partition coefficient (Wildman–Crippen LogP) is 3.41. The number of rotatable bonds is 5. The Hall–Kier alpha value is -1.59. The van der Waals surface area contributed by atoms with Crippen molar-refractivity contribution in [2.24, 2.45) is 0 Å². The first-order valence-electron chi connectivity index (χ1n) is 9.17. The summed E-state index contributed by atoms with van der Waals surface area (Å²) in [5.74, 6) is 0.159. The summed E-state index contributed by atoms with van der Waals surface area (Å²) in [6.07, 6.45) is 2.04. The quantitative estimate of drug-likeness (QED) is 0.797. The highest BCUT2D eigenvalue weighted by atomic mass is 35.5. The lowest BCUT2D eigenvalue weighted by Crippen LogP contribution is -2.42. The van der Waals surface area contributed by atoms with Gasteiger partial charge in [-0.2, -0.15) is 0 Å². The van der Waals surface area contributed by atoms with E-state index in [1.807, 2.05) is 6.07 Å². The minimum Gasteiger partial charge on any atom is -0.351 e. The van der Waals surface area contributed by atoms with Crippen molar-refractivity contribution in [3.8, 4) is 0 Å². The van der Waals surface area contributed by atoms with E-state index in [9.17, 15) is 4.79 Å². The first kappa shape index (κ1) is 21.7. The number of benzene rings is 2. The van der Waals surface area contributed by atoms with Crippen LogP contribution in [-0.2, 0) is 31.0 Å². The molecule has 1 atom stereocenters. The number of nitrogens with one attached hydrogen (secondary N) is 2. The van der Waals surface area contributed by atoms with Crippen LogP contribution in [-0.4, -0.2) is 23.4 Å². The SMILES string of the molecule is Cl.Cl.O=C(NCc1ccc2c(c1)CNC2)C1CCCN1Cc1ccccc1. The Morgan fingerprint density at radius 1 is 1.04 bits per heavy atom. The molecule has 2 N–H and O–H groups in total. The molecule has 0 aromatic heterocycles. The third kappa shape index (κ3) is 5.23. The second kappa shape index (κ2) is 10.1. The van der Waals surface area contributed by atoms with E-state index in [2.05, 4.69) is 58.0 Å². The molecule has 146 valence electrons. The number of carbonyl (C=O) groups is 1. The zero-order valence-electron chi connectivity index (χ0n) is 15.3. The van der Waals surface area contributed by atoms with Gasteiger partial charge in [-0.3, -0.25) is 9.69 Å². The molecule has 2 aliphatic rings. The van der Waals surface area contributed by atoms with Crippen LogP contribution in [0, 0.1) is 0 Å². The summed E-state index contributed by atoms with van der Waals surface area (Å²) in [6.45, 7) is 4.35. The molecule has 1 fully saturated rings. The molecule has 4 rings (SSSR count). The first-order valence-corrected chi connectivity index (χ1v) is 9.17. The van der Waals surface area contributed by atoms with Gasteiger partial charge >= 0.3 is 0 Å². The van der Waals surface area contributed by atoms with Gasteiger partial charge in [-0.25, -0.2) is 0 Å². The van der Waals surface area contributed by atoms with Gasteiger partial charge in [0.1, 0.15) is 0 Å². The number of carbonyl (C=O) groups excluding carboxylic acids is 1. The Labute approximate surface area is 173 Å². The van der Waals surface area contributed by atoms with E-state index in [4.69, 9.17) is 0 Å². The number of nitrogens with zero attached hydrogens (tertiary/aromatic N) is 1. The third-order valence-electron chi connectivity index (χ3n) is 5.26. The second-order valence-corrected chi connectivity index (χ2v) is 7.04. The van der Waals surface area contributed by atoms with Crippen LogP contribution in [0.4, 0.5) is 0 Å². The lowest BCUT2D eigenvalue weighted by atomic mass is 10.1. The van der Waals surface area contributed by atoms with E-state index >= 15 is 0 Å². The summed E-state index contributed by atoms with van der Waals surface area (Å²) in [5, 5.41) is 6.51. The van der Waals surface area contributed by atoms with Gasteiger partial charge in [0.15, 0.2) is 0 Å². The molecule has 27 heavy (non-hydrogen) atoms. The maximum Gasteiger partial charge on any atom is 0.237 e. The standard InChI is InChI=1S/C21H25N3O.2ClH/c25-21(23-12-17-8-9-18-13-22-14-19(18)11-17)20-7-4-10-24(20)15-16-5-2-1-3-6-16;;/h1-3,5-6,8-9,11,20,22H,4,7,10,12-15H2,(H,23,25);2*1H. The van der Waals surface area contributed by atoms with Crippen molar-refractivity contribution in [3.05, 3.63) is 70.8 Å². The van der Waals surface area contributed by atoms with Crippen LogP contribution in [0.3, 0.4) is 0 Å². The number of amides is 1. The summed E-state index contributed by atoms with van der Waals surface area (Å²) in [6, 6.07) is 16.9. The minimum atomic E-state index is -0.00343. The highest BCUT2D eigenvalue weighted by Crippen LogP contribution is 2.21. The van der Waals surface area contributed by atoms with Crippen molar-refractivity contribution < 1.29 is 4.79 Å². The Bertz CT molecular complexity index is 754. The van der Waals surface area contributed by atoms with Crippen LogP contribution in [0.15, 0.2) is 48.5 Å². The molecule has 0 aliphatic carbocycles. The van der Waals surface area contributed by atoms with Gasteiger partial charge < -0.3 is 10.6 Å². The van der Waals surface area contributed by atoms with E-state index in [-0.39, 0.29) is 36.8 Å². The molecule has 1 unspecified atom stereocenters. The van der Waals surface area contributed by atoms with Gasteiger partial charge in [0, 0.05) is 26.2 Å². The molecule has 0 bridgehead atoms. The molecule has 0 spiro atoms. The Morgan fingerprint density at radius 3 is 2.63 bits per heavy atom. The lowest BCUT2D eigenvalue weighted by Gasteiger charge is -2.23. The van der Waals surface area contributed by atoms with Crippen molar-refractivity contribution in [2.75, 3.05) is 6.54 Å². The number of hydrogen-bond donors (Lipinski definition) is 2. The van der Waals surface area contributed by atoms with Crippen molar-refractivity contribution in [2.45, 2.75) is 45.1 Å². The van der Waals surface area contributed by atoms with E-state index in [1.54, 1.807) is 0 Å². The highest BCUT2D eigenvalue weighted by Gasteiger charge is 2.30. The van der Waals surface area contributed by atoms with Crippen molar-refractivity contribution in [1.82, 2.24) is 15.5 Å². The summed E-state index contributed by atoms with van der Waals surface area (Å²) in [7, 11) is 0. The van der Waals surface area contributed by atoms with E-state index in [0.29, 0.717) is 6.54 Å². The maximum absolute atomic E-state index is 12.7. The first-order chi connectivity index (χ1) is 12.3. The predicted molar refractivity (Wildman–Crippen MR) is 113 cm³/mol. The fourth-order valence-corrected chi connectivity index (χ4v) is 3.90. The summed E-state index contributed by atoms with van der Waals surface area (Å²) in [4.78, 5) is 15.0. The molecule has 2 aromatic carbocycles. The maximum atomic E-state index is 12.7. The zero-order chi connectivity index (χ0) is 17.1. The van der Waals surface area contributed by atoms with E-state index < -0.39 is 0 Å². The van der Waals surface area contributed by atoms with Gasteiger partial charge in [-0.15, -0.1) is 24.8 Å². The molecule has 2 aliphatic heterocycles. The third-order valence-corrected chi connectivity index (χ3v) is 5.26. The number of likely N-dealkylation sites (tertiary alicyclic amines) is 1. The van der Waals surface area contributed by atoms with Gasteiger partial charge in [-0.1, -0.05) is 48.5 Å². The molecular weight excluding hydrogens is 381 g/mol. The fraction of sp³-hybridized carbons (Fsp3) is 0.381. The molecule has 1 amide bonds. The van der Waals surface area contributed by atoms with Crippen LogP contribution in [0.5, 0.6) is 0 Å². The minimum absolute atomic E-state index is 0. The van der Waals surface area contributed by atoms with Crippen molar-refractivity contribution >= 4 is 30.7 Å². The van der Waals surface area contributed by atoms with Gasteiger partial charge in [0.05, 0.1) is 6.04 Å². The largest absolute Gasteiger partial charge is 0.351 e. The number of halogens is 2. The molecule has 1 saturated heterocycles. The molecular formula is C21H27Cl2N3O. The van der Waals surface area contributed by atoms with Crippen LogP contribution >= 0.6 is 24.8 Å². The zero-order valence-corrected chi connectivity index (χ0v) is 17.0. The fourth-order valence-electron chi connectivity index (χ4n) is 3.90. The smallest absolute Gasteiger partial charge is 0.237 e. The summed E-state index contributed by atoms with van der Waals surface area (Å²) < 4.78 is 0. The summed E-state index contributed by atoms with van der Waals surface area (Å²) in [5.41, 5.74) is 5.19. The van der Waals surface area contributed by atoms with E-state index in [1.165, 1.54) is 22.3 Å². The molecule has 2 heterocycles. The molecule has 6 heteroatoms. The molecule has 0 radical (unpaired) electrons. The molecule has 0 saturated carbocycles. The average Bonchev–Trinajstić information content (AvgIpc) is 3.29. The topological polar surface area (TPSA) is 44.4 Å². The Kier molecular flexibility index (Phi) is 8.11. The van der Waals surface area contributed by atoms with Crippen LogP contribution in [0.1, 0.15) is 35.1 Å². The average molecular weight is 408 g/mol. The lowest BCUT2D eigenvalue weighted by molar-refractivity contribution is -0.125. The van der Waals surface area contributed by atoms with Crippen LogP contribution in [0.2, 0.25) is 0 Å². The second-order valence-electron chi connectivity index (χ2n) is 7.04.